The highest BCUT2D eigenvalue weighted by Crippen LogP contribution is 2.38. The summed E-state index contributed by atoms with van der Waals surface area (Å²) in [6, 6.07) is 17.2. The second-order valence-electron chi connectivity index (χ2n) is 9.23. The molecule has 0 aliphatic carbocycles. The molecule has 38 heavy (non-hydrogen) atoms. The van der Waals surface area contributed by atoms with E-state index < -0.39 is 0 Å². The Morgan fingerprint density at radius 1 is 1.00 bits per heavy atom. The SMILES string of the molecule is CCOC(=O)c1ccc(OCC2c3cc(OC)c(OC)cc3CCN2C(=S)Nc2cc(C)cc(C)c2)cc1. The maximum Gasteiger partial charge on any atom is 0.338 e. The summed E-state index contributed by atoms with van der Waals surface area (Å²) >= 11 is 5.91. The first-order valence-corrected chi connectivity index (χ1v) is 13.0. The fourth-order valence-electron chi connectivity index (χ4n) is 4.77. The quantitative estimate of drug-likeness (QED) is 0.284. The number of aryl methyl sites for hydroxylation is 2. The Bertz CT molecular complexity index is 1290. The van der Waals surface area contributed by atoms with Gasteiger partial charge >= 0.3 is 5.97 Å². The van der Waals surface area contributed by atoms with E-state index in [0.717, 1.165) is 24.2 Å². The monoisotopic (exact) mass is 534 g/mol. The number of fused-ring (bicyclic) bond motifs is 1. The van der Waals surface area contributed by atoms with Crippen molar-refractivity contribution < 1.29 is 23.7 Å². The number of thiocarbonyl (C=S) groups is 1. The minimum absolute atomic E-state index is 0.172. The van der Waals surface area contributed by atoms with Crippen LogP contribution >= 0.6 is 12.2 Å². The lowest BCUT2D eigenvalue weighted by Crippen LogP contribution is -2.44. The zero-order valence-electron chi connectivity index (χ0n) is 22.5. The topological polar surface area (TPSA) is 69.3 Å². The molecule has 0 radical (unpaired) electrons. The van der Waals surface area contributed by atoms with Crippen LogP contribution in [-0.2, 0) is 11.2 Å². The molecule has 1 heterocycles. The van der Waals surface area contributed by atoms with Crippen LogP contribution in [0.15, 0.2) is 54.6 Å². The minimum Gasteiger partial charge on any atom is -0.493 e. The fraction of sp³-hybridized carbons (Fsp3) is 0.333. The molecular weight excluding hydrogens is 500 g/mol. The highest BCUT2D eigenvalue weighted by molar-refractivity contribution is 7.80. The maximum atomic E-state index is 12.0. The lowest BCUT2D eigenvalue weighted by atomic mass is 9.92. The number of hydrogen-bond acceptors (Lipinski definition) is 6. The Hall–Kier alpha value is -3.78. The number of carbonyl (C=O) groups excluding carboxylic acids is 1. The molecule has 200 valence electrons. The number of benzene rings is 3. The van der Waals surface area contributed by atoms with E-state index in [2.05, 4.69) is 42.3 Å². The lowest BCUT2D eigenvalue weighted by Gasteiger charge is -2.39. The van der Waals surface area contributed by atoms with Gasteiger partial charge in [-0.25, -0.2) is 4.79 Å². The third-order valence-electron chi connectivity index (χ3n) is 6.51. The number of hydrogen-bond donors (Lipinski definition) is 1. The Kier molecular flexibility index (Phi) is 8.73. The normalized spacial score (nSPS) is 14.3. The molecule has 0 spiro atoms. The van der Waals surface area contributed by atoms with Gasteiger partial charge in [0, 0.05) is 12.2 Å². The molecule has 7 nitrogen and oxygen atoms in total. The van der Waals surface area contributed by atoms with Crippen molar-refractivity contribution in [1.29, 1.82) is 0 Å². The van der Waals surface area contributed by atoms with Crippen molar-refractivity contribution >= 4 is 29.0 Å². The van der Waals surface area contributed by atoms with Gasteiger partial charge in [-0.1, -0.05) is 6.07 Å². The Morgan fingerprint density at radius 3 is 2.29 bits per heavy atom. The second kappa shape index (κ2) is 12.2. The van der Waals surface area contributed by atoms with E-state index in [0.29, 0.717) is 41.1 Å². The molecule has 0 saturated carbocycles. The van der Waals surface area contributed by atoms with Gasteiger partial charge in [0.05, 0.1) is 32.4 Å². The molecule has 1 aliphatic heterocycles. The van der Waals surface area contributed by atoms with Crippen molar-refractivity contribution in [3.05, 3.63) is 82.4 Å². The van der Waals surface area contributed by atoms with Crippen LogP contribution in [0.3, 0.4) is 0 Å². The van der Waals surface area contributed by atoms with Crippen LogP contribution in [0.1, 0.15) is 45.6 Å². The number of methoxy groups -OCH3 is 2. The first-order valence-electron chi connectivity index (χ1n) is 12.6. The van der Waals surface area contributed by atoms with Crippen molar-refractivity contribution in [3.8, 4) is 17.2 Å². The molecule has 1 atom stereocenters. The van der Waals surface area contributed by atoms with Crippen LogP contribution in [0.5, 0.6) is 17.2 Å². The molecule has 0 amide bonds. The molecule has 0 aromatic heterocycles. The van der Waals surface area contributed by atoms with Crippen LogP contribution in [0.25, 0.3) is 0 Å². The van der Waals surface area contributed by atoms with E-state index in [1.54, 1.807) is 45.4 Å². The highest BCUT2D eigenvalue weighted by Gasteiger charge is 2.31. The summed E-state index contributed by atoms with van der Waals surface area (Å²) in [5, 5.41) is 4.06. The van der Waals surface area contributed by atoms with Gasteiger partial charge in [-0.3, -0.25) is 0 Å². The van der Waals surface area contributed by atoms with E-state index in [-0.39, 0.29) is 12.0 Å². The summed E-state index contributed by atoms with van der Waals surface area (Å²) in [4.78, 5) is 14.2. The van der Waals surface area contributed by atoms with Gasteiger partial charge in [0.1, 0.15) is 12.4 Å². The van der Waals surface area contributed by atoms with Crippen molar-refractivity contribution in [2.75, 3.05) is 39.3 Å². The molecular formula is C30H34N2O5S. The maximum absolute atomic E-state index is 12.0. The molecule has 1 N–H and O–H groups in total. The first kappa shape index (κ1) is 27.3. The van der Waals surface area contributed by atoms with Crippen molar-refractivity contribution in [1.82, 2.24) is 4.90 Å². The van der Waals surface area contributed by atoms with Crippen molar-refractivity contribution in [3.63, 3.8) is 0 Å². The summed E-state index contributed by atoms with van der Waals surface area (Å²) in [5.74, 6) is 1.66. The smallest absolute Gasteiger partial charge is 0.338 e. The van der Waals surface area contributed by atoms with E-state index in [4.69, 9.17) is 31.2 Å². The number of nitrogens with zero attached hydrogens (tertiary/aromatic N) is 1. The summed E-state index contributed by atoms with van der Waals surface area (Å²) in [7, 11) is 3.27. The average Bonchev–Trinajstić information content (AvgIpc) is 2.90. The number of esters is 1. The zero-order valence-corrected chi connectivity index (χ0v) is 23.3. The molecule has 3 aromatic carbocycles. The van der Waals surface area contributed by atoms with Gasteiger partial charge in [-0.05, 0) is 110 Å². The van der Waals surface area contributed by atoms with E-state index in [9.17, 15) is 4.79 Å². The number of nitrogens with one attached hydrogen (secondary N) is 1. The van der Waals surface area contributed by atoms with E-state index in [1.165, 1.54) is 16.7 Å². The largest absolute Gasteiger partial charge is 0.493 e. The van der Waals surface area contributed by atoms with Gasteiger partial charge in [0.25, 0.3) is 0 Å². The number of carbonyl (C=O) groups is 1. The van der Waals surface area contributed by atoms with Gasteiger partial charge < -0.3 is 29.2 Å². The van der Waals surface area contributed by atoms with Gasteiger partial charge in [-0.2, -0.15) is 0 Å². The van der Waals surface area contributed by atoms with Crippen LogP contribution < -0.4 is 19.5 Å². The van der Waals surface area contributed by atoms with Crippen LogP contribution in [0, 0.1) is 13.8 Å². The summed E-state index contributed by atoms with van der Waals surface area (Å²) in [6.07, 6.45) is 0.801. The van der Waals surface area contributed by atoms with Crippen molar-refractivity contribution in [2.24, 2.45) is 0 Å². The number of ether oxygens (including phenoxy) is 4. The summed E-state index contributed by atoms with van der Waals surface area (Å²) < 4.78 is 22.5. The Balaban J connectivity index is 1.61. The highest BCUT2D eigenvalue weighted by atomic mass is 32.1. The molecule has 0 bridgehead atoms. The third kappa shape index (κ3) is 6.19. The molecule has 3 aromatic rings. The van der Waals surface area contributed by atoms with E-state index in [1.807, 2.05) is 12.1 Å². The zero-order chi connectivity index (χ0) is 27.2. The standard InChI is InChI=1S/C30H34N2O5S/c1-6-36-29(33)21-7-9-24(10-8-21)37-18-26-25-17-28(35-5)27(34-4)16-22(25)11-12-32(26)30(38)31-23-14-19(2)13-20(3)15-23/h7-10,13-17,26H,6,11-12,18H2,1-5H3,(H,31,38). The molecule has 1 aliphatic rings. The van der Waals surface area contributed by atoms with Gasteiger partial charge in [0.15, 0.2) is 16.6 Å². The average molecular weight is 535 g/mol. The number of rotatable bonds is 8. The number of anilines is 1. The van der Waals surface area contributed by atoms with E-state index >= 15 is 0 Å². The van der Waals surface area contributed by atoms with Crippen LogP contribution in [-0.4, -0.2) is 50.0 Å². The molecule has 1 unspecified atom stereocenters. The minimum atomic E-state index is -0.352. The molecule has 0 saturated heterocycles. The third-order valence-corrected chi connectivity index (χ3v) is 6.85. The summed E-state index contributed by atoms with van der Waals surface area (Å²) in [6.45, 7) is 7.32. The van der Waals surface area contributed by atoms with Crippen LogP contribution in [0.4, 0.5) is 5.69 Å². The van der Waals surface area contributed by atoms with Crippen molar-refractivity contribution in [2.45, 2.75) is 33.2 Å². The Morgan fingerprint density at radius 2 is 1.66 bits per heavy atom. The second-order valence-corrected chi connectivity index (χ2v) is 9.61. The fourth-order valence-corrected chi connectivity index (χ4v) is 5.11. The van der Waals surface area contributed by atoms with Gasteiger partial charge in [-0.15, -0.1) is 0 Å². The van der Waals surface area contributed by atoms with Gasteiger partial charge in [0.2, 0.25) is 0 Å². The summed E-state index contributed by atoms with van der Waals surface area (Å²) in [5.41, 5.74) is 6.02. The predicted molar refractivity (Wildman–Crippen MR) is 153 cm³/mol. The Labute approximate surface area is 229 Å². The molecule has 4 rings (SSSR count). The van der Waals surface area contributed by atoms with Crippen LogP contribution in [0.2, 0.25) is 0 Å². The molecule has 0 fully saturated rings. The predicted octanol–water partition coefficient (Wildman–Crippen LogP) is 5.87. The lowest BCUT2D eigenvalue weighted by molar-refractivity contribution is 0.0526. The molecule has 8 heteroatoms. The first-order chi connectivity index (χ1) is 18.3.